The molecule has 1 atom stereocenters. The number of ether oxygens (including phenoxy) is 1. The standard InChI is InChI=1S/C18H26N2O3/c1-13(21)20-17(14-7-3-4-8-14)18(22)19-11-15-9-5-6-10-16(15)12-23-2/h5-6,9-10,14,17H,3-4,7-8,11-12H2,1-2H3,(H,19,22)(H,20,21). The first-order chi connectivity index (χ1) is 11.1. The summed E-state index contributed by atoms with van der Waals surface area (Å²) in [7, 11) is 1.66. The third-order valence-corrected chi connectivity index (χ3v) is 4.38. The second-order valence-electron chi connectivity index (χ2n) is 6.14. The lowest BCUT2D eigenvalue weighted by Crippen LogP contribution is -2.49. The largest absolute Gasteiger partial charge is 0.380 e. The van der Waals surface area contributed by atoms with E-state index in [0.717, 1.165) is 36.8 Å². The van der Waals surface area contributed by atoms with Gasteiger partial charge in [0.1, 0.15) is 6.04 Å². The molecule has 0 aromatic heterocycles. The fraction of sp³-hybridized carbons (Fsp3) is 0.556. The topological polar surface area (TPSA) is 67.4 Å². The molecule has 2 N–H and O–H groups in total. The van der Waals surface area contributed by atoms with Crippen LogP contribution in [-0.4, -0.2) is 25.0 Å². The molecule has 1 saturated carbocycles. The first-order valence-corrected chi connectivity index (χ1v) is 8.22. The van der Waals surface area contributed by atoms with Crippen LogP contribution in [0, 0.1) is 5.92 Å². The van der Waals surface area contributed by atoms with Crippen LogP contribution in [0.2, 0.25) is 0 Å². The van der Waals surface area contributed by atoms with Gasteiger partial charge in [-0.1, -0.05) is 37.1 Å². The predicted octanol–water partition coefficient (Wildman–Crippen LogP) is 2.14. The van der Waals surface area contributed by atoms with Gasteiger partial charge in [-0.05, 0) is 29.9 Å². The summed E-state index contributed by atoms with van der Waals surface area (Å²) in [6.07, 6.45) is 4.26. The van der Waals surface area contributed by atoms with Gasteiger partial charge in [0, 0.05) is 20.6 Å². The second-order valence-corrected chi connectivity index (χ2v) is 6.14. The van der Waals surface area contributed by atoms with Crippen molar-refractivity contribution in [1.29, 1.82) is 0 Å². The monoisotopic (exact) mass is 318 g/mol. The van der Waals surface area contributed by atoms with Crippen LogP contribution < -0.4 is 10.6 Å². The van der Waals surface area contributed by atoms with Crippen LogP contribution in [0.15, 0.2) is 24.3 Å². The van der Waals surface area contributed by atoms with Crippen molar-refractivity contribution in [3.63, 3.8) is 0 Å². The van der Waals surface area contributed by atoms with Crippen LogP contribution in [-0.2, 0) is 27.5 Å². The van der Waals surface area contributed by atoms with E-state index in [4.69, 9.17) is 4.74 Å². The third kappa shape index (κ3) is 5.06. The van der Waals surface area contributed by atoms with Crippen LogP contribution in [0.5, 0.6) is 0 Å². The second kappa shape index (κ2) is 8.67. The van der Waals surface area contributed by atoms with Gasteiger partial charge in [-0.2, -0.15) is 0 Å². The van der Waals surface area contributed by atoms with Gasteiger partial charge in [0.25, 0.3) is 0 Å². The summed E-state index contributed by atoms with van der Waals surface area (Å²) in [5, 5.41) is 5.79. The van der Waals surface area contributed by atoms with E-state index in [0.29, 0.717) is 13.2 Å². The molecule has 2 amide bonds. The van der Waals surface area contributed by atoms with Crippen LogP contribution in [0.3, 0.4) is 0 Å². The van der Waals surface area contributed by atoms with E-state index >= 15 is 0 Å². The van der Waals surface area contributed by atoms with E-state index in [1.165, 1.54) is 6.92 Å². The van der Waals surface area contributed by atoms with Gasteiger partial charge >= 0.3 is 0 Å². The van der Waals surface area contributed by atoms with Gasteiger partial charge in [0.2, 0.25) is 11.8 Å². The van der Waals surface area contributed by atoms with Crippen LogP contribution in [0.4, 0.5) is 0 Å². The number of hydrogen-bond donors (Lipinski definition) is 2. The minimum Gasteiger partial charge on any atom is -0.380 e. The van der Waals surface area contributed by atoms with Gasteiger partial charge in [0.05, 0.1) is 6.61 Å². The summed E-state index contributed by atoms with van der Waals surface area (Å²) in [6, 6.07) is 7.45. The van der Waals surface area contributed by atoms with Crippen molar-refractivity contribution in [2.24, 2.45) is 5.92 Å². The first kappa shape index (κ1) is 17.5. The lowest BCUT2D eigenvalue weighted by Gasteiger charge is -2.23. The zero-order valence-electron chi connectivity index (χ0n) is 13.9. The van der Waals surface area contributed by atoms with Crippen molar-refractivity contribution in [3.8, 4) is 0 Å². The molecular formula is C18H26N2O3. The number of amides is 2. The molecule has 0 spiro atoms. The highest BCUT2D eigenvalue weighted by molar-refractivity contribution is 5.87. The maximum Gasteiger partial charge on any atom is 0.243 e. The number of benzene rings is 1. The van der Waals surface area contributed by atoms with E-state index in [-0.39, 0.29) is 17.7 Å². The predicted molar refractivity (Wildman–Crippen MR) is 88.6 cm³/mol. The maximum absolute atomic E-state index is 12.6. The normalized spacial score (nSPS) is 16.1. The molecule has 1 aromatic carbocycles. The molecule has 1 fully saturated rings. The maximum atomic E-state index is 12.6. The van der Waals surface area contributed by atoms with Gasteiger partial charge in [-0.3, -0.25) is 9.59 Å². The Balaban J connectivity index is 1.99. The van der Waals surface area contributed by atoms with Gasteiger partial charge in [-0.25, -0.2) is 0 Å². The summed E-state index contributed by atoms with van der Waals surface area (Å²) in [5.74, 6) is -0.00993. The van der Waals surface area contributed by atoms with Crippen molar-refractivity contribution >= 4 is 11.8 Å². The molecule has 0 heterocycles. The van der Waals surface area contributed by atoms with Crippen molar-refractivity contribution in [3.05, 3.63) is 35.4 Å². The molecule has 0 radical (unpaired) electrons. The molecule has 0 bridgehead atoms. The van der Waals surface area contributed by atoms with E-state index < -0.39 is 6.04 Å². The van der Waals surface area contributed by atoms with E-state index in [9.17, 15) is 9.59 Å². The van der Waals surface area contributed by atoms with Crippen LogP contribution >= 0.6 is 0 Å². The van der Waals surface area contributed by atoms with Gasteiger partial charge in [-0.15, -0.1) is 0 Å². The summed E-state index contributed by atoms with van der Waals surface area (Å²) in [4.78, 5) is 24.0. The number of carbonyl (C=O) groups excluding carboxylic acids is 2. The van der Waals surface area contributed by atoms with E-state index in [2.05, 4.69) is 10.6 Å². The van der Waals surface area contributed by atoms with Crippen molar-refractivity contribution in [1.82, 2.24) is 10.6 Å². The fourth-order valence-electron chi connectivity index (χ4n) is 3.23. The summed E-state index contributed by atoms with van der Waals surface area (Å²) in [6.45, 7) is 2.42. The number of methoxy groups -OCH3 is 1. The van der Waals surface area contributed by atoms with E-state index in [1.54, 1.807) is 7.11 Å². The van der Waals surface area contributed by atoms with Gasteiger partial charge in [0.15, 0.2) is 0 Å². The molecule has 2 rings (SSSR count). The summed E-state index contributed by atoms with van der Waals surface area (Å²) in [5.41, 5.74) is 2.10. The molecule has 1 aliphatic carbocycles. The highest BCUT2D eigenvalue weighted by Crippen LogP contribution is 2.28. The smallest absolute Gasteiger partial charge is 0.243 e. The highest BCUT2D eigenvalue weighted by atomic mass is 16.5. The lowest BCUT2D eigenvalue weighted by molar-refractivity contribution is -0.129. The Hall–Kier alpha value is -1.88. The molecule has 1 aromatic rings. The summed E-state index contributed by atoms with van der Waals surface area (Å²) >= 11 is 0. The lowest BCUT2D eigenvalue weighted by atomic mass is 9.97. The van der Waals surface area contributed by atoms with Crippen molar-refractivity contribution < 1.29 is 14.3 Å². The van der Waals surface area contributed by atoms with Crippen molar-refractivity contribution in [2.75, 3.05) is 7.11 Å². The fourth-order valence-corrected chi connectivity index (χ4v) is 3.23. The number of nitrogens with one attached hydrogen (secondary N) is 2. The SMILES string of the molecule is COCc1ccccc1CNC(=O)C(NC(C)=O)C1CCCC1. The average molecular weight is 318 g/mol. The molecule has 1 aliphatic rings. The number of carbonyl (C=O) groups is 2. The zero-order valence-corrected chi connectivity index (χ0v) is 13.9. The highest BCUT2D eigenvalue weighted by Gasteiger charge is 2.31. The number of rotatable bonds is 7. The van der Waals surface area contributed by atoms with Crippen LogP contribution in [0.1, 0.15) is 43.7 Å². The molecule has 0 aliphatic heterocycles. The Labute approximate surface area is 137 Å². The number of hydrogen-bond acceptors (Lipinski definition) is 3. The Kier molecular flexibility index (Phi) is 6.59. The van der Waals surface area contributed by atoms with Gasteiger partial charge < -0.3 is 15.4 Å². The molecular weight excluding hydrogens is 292 g/mol. The molecule has 126 valence electrons. The third-order valence-electron chi connectivity index (χ3n) is 4.38. The summed E-state index contributed by atoms with van der Waals surface area (Å²) < 4.78 is 5.19. The quantitative estimate of drug-likeness (QED) is 0.809. The molecule has 5 heteroatoms. The Bertz CT molecular complexity index is 539. The Morgan fingerprint density at radius 3 is 2.48 bits per heavy atom. The average Bonchev–Trinajstić information content (AvgIpc) is 3.05. The zero-order chi connectivity index (χ0) is 16.7. The first-order valence-electron chi connectivity index (χ1n) is 8.22. The Morgan fingerprint density at radius 1 is 1.22 bits per heavy atom. The minimum atomic E-state index is -0.426. The molecule has 5 nitrogen and oxygen atoms in total. The molecule has 1 unspecified atom stereocenters. The minimum absolute atomic E-state index is 0.0979. The molecule has 0 saturated heterocycles. The van der Waals surface area contributed by atoms with Crippen molar-refractivity contribution in [2.45, 2.75) is 51.8 Å². The molecule has 23 heavy (non-hydrogen) atoms. The Morgan fingerprint density at radius 2 is 1.87 bits per heavy atom. The van der Waals surface area contributed by atoms with E-state index in [1.807, 2.05) is 24.3 Å². The van der Waals surface area contributed by atoms with Crippen LogP contribution in [0.25, 0.3) is 0 Å².